The summed E-state index contributed by atoms with van der Waals surface area (Å²) in [4.78, 5) is 0. The maximum absolute atomic E-state index is 3.61. The summed E-state index contributed by atoms with van der Waals surface area (Å²) in [6.07, 6.45) is 2.71. The third-order valence-electron chi connectivity index (χ3n) is 3.29. The van der Waals surface area contributed by atoms with E-state index in [1.807, 2.05) is 0 Å². The molecular formula is C11H12IN. The minimum atomic E-state index is 0.646. The summed E-state index contributed by atoms with van der Waals surface area (Å²) in [5, 5.41) is 3.61. The van der Waals surface area contributed by atoms with Gasteiger partial charge in [0.1, 0.15) is 0 Å². The Kier molecular flexibility index (Phi) is 1.87. The van der Waals surface area contributed by atoms with Crippen LogP contribution in [0.4, 0.5) is 0 Å². The third kappa shape index (κ3) is 1.15. The van der Waals surface area contributed by atoms with Crippen molar-refractivity contribution in [3.8, 4) is 0 Å². The van der Waals surface area contributed by atoms with E-state index in [9.17, 15) is 0 Å². The van der Waals surface area contributed by atoms with Crippen molar-refractivity contribution in [2.75, 3.05) is 6.54 Å². The van der Waals surface area contributed by atoms with Crippen molar-refractivity contribution < 1.29 is 0 Å². The lowest BCUT2D eigenvalue weighted by atomic mass is 9.76. The van der Waals surface area contributed by atoms with E-state index in [0.717, 1.165) is 5.92 Å². The number of benzene rings is 1. The van der Waals surface area contributed by atoms with E-state index in [-0.39, 0.29) is 0 Å². The fraction of sp³-hybridized carbons (Fsp3) is 0.455. The molecule has 2 heteroatoms. The summed E-state index contributed by atoms with van der Waals surface area (Å²) in [6, 6.07) is 7.38. The van der Waals surface area contributed by atoms with Gasteiger partial charge in [-0.3, -0.25) is 0 Å². The Morgan fingerprint density at radius 1 is 1.31 bits per heavy atom. The fourth-order valence-electron chi connectivity index (χ4n) is 2.65. The molecule has 0 radical (unpaired) electrons. The molecule has 1 aliphatic carbocycles. The van der Waals surface area contributed by atoms with Crippen molar-refractivity contribution in [1.29, 1.82) is 0 Å². The molecule has 1 aromatic rings. The maximum Gasteiger partial charge on any atom is 0.0334 e. The van der Waals surface area contributed by atoms with Crippen LogP contribution in [-0.2, 0) is 0 Å². The second-order valence-corrected chi connectivity index (χ2v) is 5.14. The molecule has 1 aromatic carbocycles. The molecule has 1 saturated heterocycles. The first-order valence-electron chi connectivity index (χ1n) is 4.88. The number of fused-ring (bicyclic) bond motifs is 2. The van der Waals surface area contributed by atoms with E-state index in [1.165, 1.54) is 23.0 Å². The van der Waals surface area contributed by atoms with Crippen molar-refractivity contribution in [2.24, 2.45) is 0 Å². The molecule has 1 fully saturated rings. The SMILES string of the molecule is Ic1cccc2c1[C@@H]1CC[C@H]2CN1. The molecule has 13 heavy (non-hydrogen) atoms. The third-order valence-corrected chi connectivity index (χ3v) is 4.23. The molecule has 1 N–H and O–H groups in total. The Bertz CT molecular complexity index is 340. The minimum Gasteiger partial charge on any atom is -0.309 e. The van der Waals surface area contributed by atoms with Gasteiger partial charge >= 0.3 is 0 Å². The fourth-order valence-corrected chi connectivity index (χ4v) is 3.54. The van der Waals surface area contributed by atoms with Gasteiger partial charge in [-0.1, -0.05) is 12.1 Å². The zero-order valence-electron chi connectivity index (χ0n) is 7.39. The first kappa shape index (κ1) is 8.24. The second kappa shape index (κ2) is 2.95. The monoisotopic (exact) mass is 285 g/mol. The van der Waals surface area contributed by atoms with Gasteiger partial charge in [-0.15, -0.1) is 0 Å². The lowest BCUT2D eigenvalue weighted by Crippen LogP contribution is -2.38. The van der Waals surface area contributed by atoms with Gasteiger partial charge in [0.15, 0.2) is 0 Å². The normalized spacial score (nSPS) is 30.2. The Morgan fingerprint density at radius 3 is 2.92 bits per heavy atom. The van der Waals surface area contributed by atoms with Gasteiger partial charge in [0.25, 0.3) is 0 Å². The van der Waals surface area contributed by atoms with Crippen LogP contribution in [0, 0.1) is 3.57 Å². The summed E-state index contributed by atoms with van der Waals surface area (Å²) in [5.74, 6) is 0.787. The number of halogens is 1. The first-order chi connectivity index (χ1) is 6.36. The van der Waals surface area contributed by atoms with Crippen molar-refractivity contribution in [1.82, 2.24) is 5.32 Å². The molecule has 0 spiro atoms. The van der Waals surface area contributed by atoms with E-state index in [4.69, 9.17) is 0 Å². The zero-order chi connectivity index (χ0) is 8.84. The topological polar surface area (TPSA) is 12.0 Å². The summed E-state index contributed by atoms with van der Waals surface area (Å²) < 4.78 is 1.44. The smallest absolute Gasteiger partial charge is 0.0334 e. The van der Waals surface area contributed by atoms with Crippen LogP contribution in [0.5, 0.6) is 0 Å². The quantitative estimate of drug-likeness (QED) is 0.723. The highest BCUT2D eigenvalue weighted by Crippen LogP contribution is 2.43. The predicted octanol–water partition coefficient (Wildman–Crippen LogP) is 2.81. The molecule has 2 atom stereocenters. The number of nitrogens with one attached hydrogen (secondary N) is 1. The molecule has 4 rings (SSSR count). The van der Waals surface area contributed by atoms with Crippen LogP contribution in [0.3, 0.4) is 0 Å². The summed E-state index contributed by atoms with van der Waals surface area (Å²) in [7, 11) is 0. The van der Waals surface area contributed by atoms with E-state index < -0.39 is 0 Å². The van der Waals surface area contributed by atoms with Gasteiger partial charge in [-0.05, 0) is 58.5 Å². The van der Waals surface area contributed by atoms with Crippen LogP contribution in [0.15, 0.2) is 18.2 Å². The highest BCUT2D eigenvalue weighted by molar-refractivity contribution is 14.1. The average molecular weight is 285 g/mol. The molecular weight excluding hydrogens is 273 g/mol. The lowest BCUT2D eigenvalue weighted by Gasteiger charge is -2.39. The average Bonchev–Trinajstić information content (AvgIpc) is 2.20. The Hall–Kier alpha value is -0.0900. The van der Waals surface area contributed by atoms with E-state index >= 15 is 0 Å². The van der Waals surface area contributed by atoms with Gasteiger partial charge in [-0.2, -0.15) is 0 Å². The maximum atomic E-state index is 3.61. The number of piperidine rings is 1. The van der Waals surface area contributed by atoms with Crippen molar-refractivity contribution in [3.05, 3.63) is 32.9 Å². The zero-order valence-corrected chi connectivity index (χ0v) is 9.54. The van der Waals surface area contributed by atoms with Crippen molar-refractivity contribution in [3.63, 3.8) is 0 Å². The summed E-state index contributed by atoms with van der Waals surface area (Å²) in [5.41, 5.74) is 3.20. The van der Waals surface area contributed by atoms with Crippen molar-refractivity contribution >= 4 is 22.6 Å². The van der Waals surface area contributed by atoms with Crippen LogP contribution >= 0.6 is 22.6 Å². The highest BCUT2D eigenvalue weighted by atomic mass is 127. The van der Waals surface area contributed by atoms with Crippen LogP contribution in [-0.4, -0.2) is 6.54 Å². The molecule has 3 aliphatic rings. The summed E-state index contributed by atoms with van der Waals surface area (Å²) >= 11 is 2.46. The molecule has 2 heterocycles. The molecule has 0 unspecified atom stereocenters. The number of hydrogen-bond donors (Lipinski definition) is 1. The molecule has 2 bridgehead atoms. The number of rotatable bonds is 0. The van der Waals surface area contributed by atoms with Crippen LogP contribution in [0.25, 0.3) is 0 Å². The van der Waals surface area contributed by atoms with Gasteiger partial charge in [0.2, 0.25) is 0 Å². The molecule has 0 amide bonds. The van der Waals surface area contributed by atoms with Crippen LogP contribution in [0.1, 0.15) is 35.9 Å². The molecule has 2 aliphatic heterocycles. The lowest BCUT2D eigenvalue weighted by molar-refractivity contribution is 0.336. The Balaban J connectivity index is 2.23. The van der Waals surface area contributed by atoms with Gasteiger partial charge in [0.05, 0.1) is 0 Å². The second-order valence-electron chi connectivity index (χ2n) is 3.98. The van der Waals surface area contributed by atoms with E-state index in [0.29, 0.717) is 6.04 Å². The van der Waals surface area contributed by atoms with E-state index in [2.05, 4.69) is 46.1 Å². The van der Waals surface area contributed by atoms with Crippen molar-refractivity contribution in [2.45, 2.75) is 24.8 Å². The predicted molar refractivity (Wildman–Crippen MR) is 61.9 cm³/mol. The Labute approximate surface area is 92.1 Å². The van der Waals surface area contributed by atoms with Gasteiger partial charge in [0, 0.05) is 16.2 Å². The first-order valence-corrected chi connectivity index (χ1v) is 5.96. The van der Waals surface area contributed by atoms with Crippen LogP contribution in [0.2, 0.25) is 0 Å². The molecule has 0 saturated carbocycles. The Morgan fingerprint density at radius 2 is 2.23 bits per heavy atom. The van der Waals surface area contributed by atoms with E-state index in [1.54, 1.807) is 11.1 Å². The molecule has 0 aromatic heterocycles. The molecule has 68 valence electrons. The summed E-state index contributed by atoms with van der Waals surface area (Å²) in [6.45, 7) is 1.19. The van der Waals surface area contributed by atoms with Gasteiger partial charge < -0.3 is 5.32 Å². The molecule has 1 nitrogen and oxygen atoms in total. The standard InChI is InChI=1S/C11H12IN/c12-9-3-1-2-8-7-4-5-10(11(8)9)13-6-7/h1-3,7,10,13H,4-6H2/t7-,10-/m0/s1. The largest absolute Gasteiger partial charge is 0.309 e. The minimum absolute atomic E-state index is 0.646. The van der Waals surface area contributed by atoms with Crippen LogP contribution < -0.4 is 5.32 Å². The van der Waals surface area contributed by atoms with Gasteiger partial charge in [-0.25, -0.2) is 0 Å². The number of hydrogen-bond acceptors (Lipinski definition) is 1. The highest BCUT2D eigenvalue weighted by Gasteiger charge is 2.33.